The maximum absolute atomic E-state index is 8.48. The van der Waals surface area contributed by atoms with Gasteiger partial charge in [0.1, 0.15) is 5.76 Å². The molecule has 2 nitrogen and oxygen atoms in total. The van der Waals surface area contributed by atoms with Gasteiger partial charge < -0.3 is 9.84 Å². The quantitative estimate of drug-likeness (QED) is 0.476. The van der Waals surface area contributed by atoms with Crippen molar-refractivity contribution in [2.45, 2.75) is 13.3 Å². The second-order valence-corrected chi connectivity index (χ2v) is 1.80. The predicted octanol–water partition coefficient (Wildman–Crippen LogP) is 1.48. The maximum Gasteiger partial charge on any atom is 0.116 e. The third kappa shape index (κ3) is 4.15. The monoisotopic (exact) mass is 142 g/mol. The summed E-state index contributed by atoms with van der Waals surface area (Å²) in [5, 5.41) is 8.48. The molecule has 58 valence electrons. The third-order valence-electron chi connectivity index (χ3n) is 1.05. The zero-order chi connectivity index (χ0) is 7.82. The molecule has 0 saturated heterocycles. The molecule has 0 radical (unpaired) electrons. The van der Waals surface area contributed by atoms with Crippen LogP contribution in [-0.4, -0.2) is 18.8 Å². The molecule has 1 N–H and O–H groups in total. The highest BCUT2D eigenvalue weighted by Gasteiger charge is 1.84. The Hall–Kier alpha value is -0.760. The van der Waals surface area contributed by atoms with Gasteiger partial charge in [-0.2, -0.15) is 0 Å². The minimum Gasteiger partial charge on any atom is -0.497 e. The molecule has 0 unspecified atom stereocenters. The normalized spacial score (nSPS) is 12.5. The molecule has 0 rings (SSSR count). The van der Waals surface area contributed by atoms with Gasteiger partial charge in [-0.3, -0.25) is 0 Å². The van der Waals surface area contributed by atoms with Crippen molar-refractivity contribution in [2.75, 3.05) is 13.7 Å². The van der Waals surface area contributed by atoms with E-state index in [2.05, 4.69) is 0 Å². The fraction of sp³-hybridized carbons (Fsp3) is 0.500. The summed E-state index contributed by atoms with van der Waals surface area (Å²) in [6.45, 7) is 2.07. The number of ether oxygens (including phenoxy) is 1. The summed E-state index contributed by atoms with van der Waals surface area (Å²) in [6, 6.07) is 0. The van der Waals surface area contributed by atoms with Crippen LogP contribution in [0.25, 0.3) is 0 Å². The fourth-order valence-electron chi connectivity index (χ4n) is 0.543. The van der Waals surface area contributed by atoms with Gasteiger partial charge in [-0.05, 0) is 18.6 Å². The Morgan fingerprint density at radius 1 is 1.60 bits per heavy atom. The molecular weight excluding hydrogens is 128 g/mol. The summed E-state index contributed by atoms with van der Waals surface area (Å²) in [6.07, 6.45) is 6.42. The molecule has 10 heavy (non-hydrogen) atoms. The molecule has 0 aliphatic rings. The van der Waals surface area contributed by atoms with Gasteiger partial charge in [0.05, 0.1) is 13.7 Å². The van der Waals surface area contributed by atoms with E-state index in [4.69, 9.17) is 9.84 Å². The Labute approximate surface area is 61.8 Å². The molecule has 0 bridgehead atoms. The van der Waals surface area contributed by atoms with Crippen LogP contribution in [0.3, 0.4) is 0 Å². The van der Waals surface area contributed by atoms with Crippen molar-refractivity contribution in [1.29, 1.82) is 0 Å². The molecular formula is C8H14O2. The average Bonchev–Trinajstić information content (AvgIpc) is 1.98. The van der Waals surface area contributed by atoms with E-state index in [1.165, 1.54) is 0 Å². The molecule has 0 heterocycles. The summed E-state index contributed by atoms with van der Waals surface area (Å²) in [5.41, 5.74) is 0. The number of aliphatic hydroxyl groups excluding tert-OH is 1. The van der Waals surface area contributed by atoms with Crippen molar-refractivity contribution in [3.8, 4) is 0 Å². The van der Waals surface area contributed by atoms with Crippen LogP contribution in [0.2, 0.25) is 0 Å². The van der Waals surface area contributed by atoms with E-state index >= 15 is 0 Å². The molecule has 0 aliphatic carbocycles. The molecule has 0 aromatic rings. The molecule has 2 heteroatoms. The van der Waals surface area contributed by atoms with Gasteiger partial charge in [0.2, 0.25) is 0 Å². The lowest BCUT2D eigenvalue weighted by molar-refractivity contribution is 0.290. The Balaban J connectivity index is 3.82. The fourth-order valence-corrected chi connectivity index (χ4v) is 0.543. The van der Waals surface area contributed by atoms with Gasteiger partial charge in [-0.15, -0.1) is 0 Å². The third-order valence-corrected chi connectivity index (χ3v) is 1.05. The number of allylic oxidation sites excluding steroid dienone is 2. The topological polar surface area (TPSA) is 29.5 Å². The van der Waals surface area contributed by atoms with Gasteiger partial charge in [0.15, 0.2) is 0 Å². The molecule has 0 aromatic heterocycles. The summed E-state index contributed by atoms with van der Waals surface area (Å²) < 4.78 is 4.91. The van der Waals surface area contributed by atoms with E-state index in [1.54, 1.807) is 13.2 Å². The second kappa shape index (κ2) is 6.36. The van der Waals surface area contributed by atoms with E-state index in [9.17, 15) is 0 Å². The first kappa shape index (κ1) is 9.24. The van der Waals surface area contributed by atoms with Crippen LogP contribution in [-0.2, 0) is 4.74 Å². The van der Waals surface area contributed by atoms with E-state index in [1.807, 2.05) is 19.1 Å². The van der Waals surface area contributed by atoms with Gasteiger partial charge in [-0.25, -0.2) is 0 Å². The molecule has 0 spiro atoms. The highest BCUT2D eigenvalue weighted by atomic mass is 16.5. The summed E-state index contributed by atoms with van der Waals surface area (Å²) in [7, 11) is 1.58. The lowest BCUT2D eigenvalue weighted by Gasteiger charge is -1.97. The summed E-state index contributed by atoms with van der Waals surface area (Å²) in [4.78, 5) is 0. The molecule has 0 aliphatic heterocycles. The first-order chi connectivity index (χ1) is 4.85. The van der Waals surface area contributed by atoms with Crippen LogP contribution in [0.4, 0.5) is 0 Å². The molecule has 0 amide bonds. The zero-order valence-electron chi connectivity index (χ0n) is 6.50. The first-order valence-electron chi connectivity index (χ1n) is 3.36. The maximum atomic E-state index is 8.48. The van der Waals surface area contributed by atoms with Crippen LogP contribution in [0.1, 0.15) is 13.3 Å². The van der Waals surface area contributed by atoms with Crippen molar-refractivity contribution in [3.63, 3.8) is 0 Å². The van der Waals surface area contributed by atoms with Crippen LogP contribution in [0, 0.1) is 0 Å². The van der Waals surface area contributed by atoms with E-state index < -0.39 is 0 Å². The smallest absolute Gasteiger partial charge is 0.116 e. The zero-order valence-corrected chi connectivity index (χ0v) is 6.50. The van der Waals surface area contributed by atoms with Gasteiger partial charge in [-0.1, -0.05) is 13.0 Å². The largest absolute Gasteiger partial charge is 0.497 e. The lowest BCUT2D eigenvalue weighted by Crippen LogP contribution is -1.84. The Morgan fingerprint density at radius 2 is 2.30 bits per heavy atom. The molecule has 0 saturated carbocycles. The Bertz CT molecular complexity index is 125. The first-order valence-corrected chi connectivity index (χ1v) is 3.36. The number of hydrogen-bond donors (Lipinski definition) is 1. The van der Waals surface area contributed by atoms with Crippen molar-refractivity contribution in [3.05, 3.63) is 24.0 Å². The average molecular weight is 142 g/mol. The van der Waals surface area contributed by atoms with Crippen molar-refractivity contribution >= 4 is 0 Å². The van der Waals surface area contributed by atoms with E-state index in [0.29, 0.717) is 5.76 Å². The van der Waals surface area contributed by atoms with E-state index in [-0.39, 0.29) is 6.61 Å². The Morgan fingerprint density at radius 3 is 2.70 bits per heavy atom. The summed E-state index contributed by atoms with van der Waals surface area (Å²) >= 11 is 0. The van der Waals surface area contributed by atoms with Crippen molar-refractivity contribution in [2.24, 2.45) is 0 Å². The predicted molar refractivity (Wildman–Crippen MR) is 41.6 cm³/mol. The minimum absolute atomic E-state index is 0.0250. The second-order valence-electron chi connectivity index (χ2n) is 1.80. The van der Waals surface area contributed by atoms with Gasteiger partial charge in [0, 0.05) is 0 Å². The Kier molecular flexibility index (Phi) is 5.88. The highest BCUT2D eigenvalue weighted by molar-refractivity contribution is 5.11. The minimum atomic E-state index is 0.0250. The SMILES string of the molecule is CC/C=C\C(=C/CO)OC. The van der Waals surface area contributed by atoms with Crippen LogP contribution in [0.5, 0.6) is 0 Å². The van der Waals surface area contributed by atoms with Gasteiger partial charge in [0.25, 0.3) is 0 Å². The van der Waals surface area contributed by atoms with Crippen molar-refractivity contribution < 1.29 is 9.84 Å². The summed E-state index contributed by atoms with van der Waals surface area (Å²) in [5.74, 6) is 0.712. The number of methoxy groups -OCH3 is 1. The van der Waals surface area contributed by atoms with Crippen LogP contribution >= 0.6 is 0 Å². The highest BCUT2D eigenvalue weighted by Crippen LogP contribution is 1.97. The standard InChI is InChI=1S/C8H14O2/c1-3-4-5-8(10-2)6-7-9/h4-6,9H,3,7H2,1-2H3/b5-4-,8-6+. The van der Waals surface area contributed by atoms with Gasteiger partial charge >= 0.3 is 0 Å². The molecule has 0 aromatic carbocycles. The number of hydrogen-bond acceptors (Lipinski definition) is 2. The molecule has 0 atom stereocenters. The van der Waals surface area contributed by atoms with Crippen LogP contribution < -0.4 is 0 Å². The van der Waals surface area contributed by atoms with Crippen molar-refractivity contribution in [1.82, 2.24) is 0 Å². The number of rotatable bonds is 4. The van der Waals surface area contributed by atoms with E-state index in [0.717, 1.165) is 6.42 Å². The lowest BCUT2D eigenvalue weighted by atomic mass is 10.3. The van der Waals surface area contributed by atoms with Crippen LogP contribution in [0.15, 0.2) is 24.0 Å². The number of aliphatic hydroxyl groups is 1. The molecule has 0 fully saturated rings.